The van der Waals surface area contributed by atoms with Crippen LogP contribution in [-0.4, -0.2) is 28.0 Å². The quantitative estimate of drug-likeness (QED) is 0.586. The Morgan fingerprint density at radius 1 is 1.04 bits per heavy atom. The fourth-order valence-corrected chi connectivity index (χ4v) is 3.95. The standard InChI is InChI=1S/C19H18N4O/c24-18-16-15-13(10-12-6-2-3-7-14(12)15)11-20-17(16)21-19(22-18)23-8-4-1-5-9-23/h2-3,6-7,11H,1,4-5,8-10H2,(H,20,21,22,24). The summed E-state index contributed by atoms with van der Waals surface area (Å²) in [7, 11) is 0. The second-order valence-electron chi connectivity index (χ2n) is 6.63. The highest BCUT2D eigenvalue weighted by atomic mass is 16.1. The van der Waals surface area contributed by atoms with Crippen LogP contribution in [0.2, 0.25) is 0 Å². The van der Waals surface area contributed by atoms with E-state index in [1.807, 2.05) is 18.3 Å². The summed E-state index contributed by atoms with van der Waals surface area (Å²) in [5, 5.41) is 0.623. The number of hydrogen-bond donors (Lipinski definition) is 1. The molecule has 1 aliphatic carbocycles. The van der Waals surface area contributed by atoms with Gasteiger partial charge in [-0.05, 0) is 36.0 Å². The minimum Gasteiger partial charge on any atom is -0.342 e. The third kappa shape index (κ3) is 1.97. The zero-order valence-electron chi connectivity index (χ0n) is 13.4. The number of hydrogen-bond acceptors (Lipinski definition) is 4. The van der Waals surface area contributed by atoms with Crippen LogP contribution in [-0.2, 0) is 6.42 Å². The number of pyridine rings is 1. The van der Waals surface area contributed by atoms with Gasteiger partial charge in [-0.1, -0.05) is 24.3 Å². The van der Waals surface area contributed by atoms with E-state index >= 15 is 0 Å². The van der Waals surface area contributed by atoms with Crippen LogP contribution in [0.4, 0.5) is 5.95 Å². The number of benzene rings is 1. The first kappa shape index (κ1) is 13.7. The van der Waals surface area contributed by atoms with E-state index in [1.54, 1.807) is 0 Å². The van der Waals surface area contributed by atoms with E-state index in [0.29, 0.717) is 17.0 Å². The second-order valence-corrected chi connectivity index (χ2v) is 6.63. The second kappa shape index (κ2) is 5.16. The maximum atomic E-state index is 12.8. The van der Waals surface area contributed by atoms with Crippen molar-refractivity contribution in [3.8, 4) is 11.1 Å². The highest BCUT2D eigenvalue weighted by Gasteiger charge is 2.24. The van der Waals surface area contributed by atoms with Crippen molar-refractivity contribution in [2.75, 3.05) is 18.0 Å². The third-order valence-corrected chi connectivity index (χ3v) is 5.12. The van der Waals surface area contributed by atoms with Crippen LogP contribution in [0.25, 0.3) is 22.2 Å². The summed E-state index contributed by atoms with van der Waals surface area (Å²) < 4.78 is 0. The Morgan fingerprint density at radius 3 is 2.75 bits per heavy atom. The van der Waals surface area contributed by atoms with Gasteiger partial charge in [-0.15, -0.1) is 0 Å². The lowest BCUT2D eigenvalue weighted by Gasteiger charge is -2.27. The van der Waals surface area contributed by atoms with E-state index in [4.69, 9.17) is 0 Å². The first-order chi connectivity index (χ1) is 11.8. The lowest BCUT2D eigenvalue weighted by Crippen LogP contribution is -2.32. The molecule has 0 spiro atoms. The maximum absolute atomic E-state index is 12.8. The molecule has 1 aromatic carbocycles. The average molecular weight is 318 g/mol. The molecule has 0 bridgehead atoms. The van der Waals surface area contributed by atoms with Crippen molar-refractivity contribution in [3.05, 3.63) is 51.9 Å². The molecule has 1 aliphatic heterocycles. The third-order valence-electron chi connectivity index (χ3n) is 5.12. The van der Waals surface area contributed by atoms with Crippen LogP contribution >= 0.6 is 0 Å². The Hall–Kier alpha value is -2.69. The molecule has 120 valence electrons. The average Bonchev–Trinajstić information content (AvgIpc) is 3.01. The van der Waals surface area contributed by atoms with Gasteiger partial charge in [-0.2, -0.15) is 4.98 Å². The molecule has 5 rings (SSSR count). The molecule has 0 radical (unpaired) electrons. The highest BCUT2D eigenvalue weighted by Crippen LogP contribution is 2.39. The van der Waals surface area contributed by atoms with Crippen molar-refractivity contribution in [3.63, 3.8) is 0 Å². The van der Waals surface area contributed by atoms with Gasteiger partial charge in [0.25, 0.3) is 5.56 Å². The van der Waals surface area contributed by atoms with Gasteiger partial charge in [0.2, 0.25) is 5.95 Å². The minimum absolute atomic E-state index is 0.0818. The predicted molar refractivity (Wildman–Crippen MR) is 94.5 cm³/mol. The van der Waals surface area contributed by atoms with Crippen LogP contribution in [0.1, 0.15) is 30.4 Å². The summed E-state index contributed by atoms with van der Waals surface area (Å²) in [5.74, 6) is 0.658. The Kier molecular flexibility index (Phi) is 2.95. The SMILES string of the molecule is O=c1[nH]c(N2CCCCC2)nc2ncc3c(c12)-c1ccccc1C3. The Bertz CT molecular complexity index is 1000. The maximum Gasteiger partial charge on any atom is 0.262 e. The van der Waals surface area contributed by atoms with Gasteiger partial charge in [-0.3, -0.25) is 9.78 Å². The number of piperidine rings is 1. The van der Waals surface area contributed by atoms with Crippen LogP contribution in [0, 0.1) is 0 Å². The van der Waals surface area contributed by atoms with Crippen LogP contribution < -0.4 is 10.5 Å². The summed E-state index contributed by atoms with van der Waals surface area (Å²) in [4.78, 5) is 27.2. The van der Waals surface area contributed by atoms with Crippen LogP contribution in [0.3, 0.4) is 0 Å². The molecule has 1 fully saturated rings. The number of H-pyrrole nitrogens is 1. The first-order valence-electron chi connectivity index (χ1n) is 8.56. The highest BCUT2D eigenvalue weighted by molar-refractivity contribution is 5.97. The van der Waals surface area contributed by atoms with Gasteiger partial charge in [-0.25, -0.2) is 4.98 Å². The van der Waals surface area contributed by atoms with E-state index in [1.165, 1.54) is 12.0 Å². The molecule has 0 atom stereocenters. The summed E-state index contributed by atoms with van der Waals surface area (Å²) >= 11 is 0. The summed E-state index contributed by atoms with van der Waals surface area (Å²) in [6.45, 7) is 1.89. The van der Waals surface area contributed by atoms with E-state index in [2.05, 4.69) is 32.0 Å². The van der Waals surface area contributed by atoms with Gasteiger partial charge < -0.3 is 4.90 Å². The lowest BCUT2D eigenvalue weighted by atomic mass is 10.0. The summed E-state index contributed by atoms with van der Waals surface area (Å²) in [6, 6.07) is 8.25. The molecule has 1 saturated heterocycles. The predicted octanol–water partition coefficient (Wildman–Crippen LogP) is 2.88. The molecule has 0 saturated carbocycles. The smallest absolute Gasteiger partial charge is 0.262 e. The van der Waals surface area contributed by atoms with Crippen molar-refractivity contribution >= 4 is 17.0 Å². The summed E-state index contributed by atoms with van der Waals surface area (Å²) in [5.41, 5.74) is 4.98. The Morgan fingerprint density at radius 2 is 1.88 bits per heavy atom. The normalized spacial score (nSPS) is 16.2. The van der Waals surface area contributed by atoms with E-state index in [0.717, 1.165) is 49.0 Å². The van der Waals surface area contributed by atoms with Crippen LogP contribution in [0.15, 0.2) is 35.3 Å². The van der Waals surface area contributed by atoms with Crippen LogP contribution in [0.5, 0.6) is 0 Å². The van der Waals surface area contributed by atoms with Crippen molar-refractivity contribution in [2.45, 2.75) is 25.7 Å². The molecular weight excluding hydrogens is 300 g/mol. The lowest BCUT2D eigenvalue weighted by molar-refractivity contribution is 0.568. The number of fused-ring (bicyclic) bond motifs is 5. The van der Waals surface area contributed by atoms with Crippen molar-refractivity contribution in [1.29, 1.82) is 0 Å². The van der Waals surface area contributed by atoms with Crippen molar-refractivity contribution in [2.24, 2.45) is 0 Å². The topological polar surface area (TPSA) is 61.9 Å². The Labute approximate surface area is 139 Å². The largest absolute Gasteiger partial charge is 0.342 e. The van der Waals surface area contributed by atoms with Gasteiger partial charge >= 0.3 is 0 Å². The van der Waals surface area contributed by atoms with Gasteiger partial charge in [0.1, 0.15) is 0 Å². The molecule has 5 nitrogen and oxygen atoms in total. The van der Waals surface area contributed by atoms with E-state index in [-0.39, 0.29) is 5.56 Å². The molecule has 5 heteroatoms. The Balaban J connectivity index is 1.73. The number of nitrogens with one attached hydrogen (secondary N) is 1. The van der Waals surface area contributed by atoms with Gasteiger partial charge in [0.15, 0.2) is 5.65 Å². The number of rotatable bonds is 1. The molecule has 2 aliphatic rings. The molecule has 24 heavy (non-hydrogen) atoms. The van der Waals surface area contributed by atoms with Crippen molar-refractivity contribution < 1.29 is 0 Å². The molecule has 0 amide bonds. The monoisotopic (exact) mass is 318 g/mol. The minimum atomic E-state index is -0.0818. The molecule has 1 N–H and O–H groups in total. The molecule has 3 aromatic rings. The van der Waals surface area contributed by atoms with E-state index < -0.39 is 0 Å². The number of anilines is 1. The van der Waals surface area contributed by atoms with Gasteiger partial charge in [0.05, 0.1) is 5.39 Å². The molecular formula is C19H18N4O. The van der Waals surface area contributed by atoms with Crippen molar-refractivity contribution in [1.82, 2.24) is 15.0 Å². The number of nitrogens with zero attached hydrogens (tertiary/aromatic N) is 3. The molecule has 2 aromatic heterocycles. The zero-order valence-corrected chi connectivity index (χ0v) is 13.4. The zero-order chi connectivity index (χ0) is 16.1. The first-order valence-corrected chi connectivity index (χ1v) is 8.56. The summed E-state index contributed by atoms with van der Waals surface area (Å²) in [6.07, 6.45) is 6.25. The fraction of sp³-hybridized carbons (Fsp3) is 0.316. The fourth-order valence-electron chi connectivity index (χ4n) is 3.95. The van der Waals surface area contributed by atoms with E-state index in [9.17, 15) is 4.79 Å². The molecule has 3 heterocycles. The van der Waals surface area contributed by atoms with Gasteiger partial charge in [0, 0.05) is 31.3 Å². The molecule has 0 unspecified atom stereocenters. The number of aromatic amines is 1. The number of aromatic nitrogens is 3.